The van der Waals surface area contributed by atoms with E-state index in [1.807, 2.05) is 10.6 Å². The highest BCUT2D eigenvalue weighted by atomic mass is 35.5. The minimum absolute atomic E-state index is 0.0952. The fraction of sp³-hybridized carbons (Fsp3) is 0.316. The Hall–Kier alpha value is -2.85. The van der Waals surface area contributed by atoms with Crippen LogP contribution in [0.3, 0.4) is 0 Å². The van der Waals surface area contributed by atoms with Gasteiger partial charge in [-0.15, -0.1) is 10.2 Å². The summed E-state index contributed by atoms with van der Waals surface area (Å²) in [5, 5.41) is 22.2. The molecule has 1 amide bonds. The second kappa shape index (κ2) is 9.31. The zero-order valence-electron chi connectivity index (χ0n) is 16.5. The van der Waals surface area contributed by atoms with Gasteiger partial charge in [-0.2, -0.15) is 0 Å². The zero-order chi connectivity index (χ0) is 21.8. The minimum Gasteiger partial charge on any atom is -0.461 e. The van der Waals surface area contributed by atoms with Gasteiger partial charge in [0.1, 0.15) is 0 Å². The number of non-ortho nitro benzene ring substituents is 1. The predicted octanol–water partition coefficient (Wildman–Crippen LogP) is 4.88. The van der Waals surface area contributed by atoms with Crippen molar-refractivity contribution in [1.29, 1.82) is 0 Å². The maximum atomic E-state index is 12.7. The number of nitro groups is 1. The van der Waals surface area contributed by atoms with Crippen LogP contribution in [-0.4, -0.2) is 30.8 Å². The van der Waals surface area contributed by atoms with Crippen LogP contribution in [0, 0.1) is 16.0 Å². The van der Waals surface area contributed by atoms with Crippen LogP contribution >= 0.6 is 23.4 Å². The van der Waals surface area contributed by atoms with Crippen molar-refractivity contribution < 1.29 is 14.1 Å². The maximum Gasteiger partial charge on any atom is 0.271 e. The molecule has 1 N–H and O–H groups in total. The van der Waals surface area contributed by atoms with Crippen molar-refractivity contribution in [2.45, 2.75) is 37.7 Å². The fourth-order valence-corrected chi connectivity index (χ4v) is 3.74. The van der Waals surface area contributed by atoms with Crippen molar-refractivity contribution in [3.8, 4) is 11.6 Å². The first-order chi connectivity index (χ1) is 14.3. The van der Waals surface area contributed by atoms with Crippen molar-refractivity contribution in [3.63, 3.8) is 0 Å². The van der Waals surface area contributed by atoms with E-state index < -0.39 is 10.2 Å². The van der Waals surface area contributed by atoms with Crippen LogP contribution in [0.5, 0.6) is 0 Å². The van der Waals surface area contributed by atoms with Gasteiger partial charge in [-0.25, -0.2) is 0 Å². The quantitative estimate of drug-likeness (QED) is 0.296. The Labute approximate surface area is 182 Å². The van der Waals surface area contributed by atoms with Crippen LogP contribution in [0.15, 0.2) is 46.2 Å². The Balaban J connectivity index is 1.76. The van der Waals surface area contributed by atoms with Gasteiger partial charge < -0.3 is 9.73 Å². The normalized spacial score (nSPS) is 12.2. The van der Waals surface area contributed by atoms with Crippen molar-refractivity contribution >= 4 is 40.6 Å². The van der Waals surface area contributed by atoms with E-state index in [2.05, 4.69) is 29.4 Å². The van der Waals surface area contributed by atoms with E-state index in [9.17, 15) is 14.9 Å². The number of amides is 1. The molecule has 0 saturated carbocycles. The molecule has 2 heterocycles. The summed E-state index contributed by atoms with van der Waals surface area (Å²) in [6, 6.07) is 7.48. The summed E-state index contributed by atoms with van der Waals surface area (Å²) in [6.07, 6.45) is 1.57. The number of hydrogen-bond donors (Lipinski definition) is 1. The third-order valence-electron chi connectivity index (χ3n) is 4.08. The largest absolute Gasteiger partial charge is 0.461 e. The molecule has 1 unspecified atom stereocenters. The van der Waals surface area contributed by atoms with E-state index in [0.717, 1.165) is 0 Å². The van der Waals surface area contributed by atoms with Crippen LogP contribution in [0.4, 0.5) is 11.4 Å². The molecule has 0 saturated heterocycles. The molecule has 3 rings (SSSR count). The molecule has 1 atom stereocenters. The molecule has 158 valence electrons. The van der Waals surface area contributed by atoms with Gasteiger partial charge in [0.25, 0.3) is 5.69 Å². The van der Waals surface area contributed by atoms with Crippen LogP contribution in [-0.2, 0) is 11.3 Å². The Morgan fingerprint density at radius 3 is 2.70 bits per heavy atom. The Bertz CT molecular complexity index is 1050. The third kappa shape index (κ3) is 5.00. The van der Waals surface area contributed by atoms with E-state index >= 15 is 0 Å². The molecule has 30 heavy (non-hydrogen) atoms. The van der Waals surface area contributed by atoms with Crippen LogP contribution in [0.25, 0.3) is 11.6 Å². The summed E-state index contributed by atoms with van der Waals surface area (Å²) >= 11 is 7.32. The second-order valence-corrected chi connectivity index (χ2v) is 8.67. The lowest BCUT2D eigenvalue weighted by molar-refractivity contribution is -0.384. The van der Waals surface area contributed by atoms with Gasteiger partial charge in [-0.3, -0.25) is 19.5 Å². The number of carbonyl (C=O) groups excluding carboxylic acids is 1. The fourth-order valence-electron chi connectivity index (χ4n) is 2.66. The second-order valence-electron chi connectivity index (χ2n) is 6.96. The summed E-state index contributed by atoms with van der Waals surface area (Å²) in [6.45, 7) is 6.55. The third-order valence-corrected chi connectivity index (χ3v) is 5.47. The number of aromatic nitrogens is 3. The van der Waals surface area contributed by atoms with Gasteiger partial charge in [0.15, 0.2) is 16.7 Å². The molecule has 9 nitrogen and oxygen atoms in total. The van der Waals surface area contributed by atoms with Gasteiger partial charge in [-0.05, 0) is 31.0 Å². The van der Waals surface area contributed by atoms with Crippen molar-refractivity contribution in [2.24, 2.45) is 5.92 Å². The molecule has 3 aromatic rings. The van der Waals surface area contributed by atoms with Crippen molar-refractivity contribution in [3.05, 3.63) is 51.7 Å². The van der Waals surface area contributed by atoms with E-state index in [-0.39, 0.29) is 16.6 Å². The average Bonchev–Trinajstić information content (AvgIpc) is 3.33. The topological polar surface area (TPSA) is 116 Å². The molecule has 0 spiro atoms. The van der Waals surface area contributed by atoms with Gasteiger partial charge in [0.2, 0.25) is 5.91 Å². The molecular weight excluding hydrogens is 430 g/mol. The van der Waals surface area contributed by atoms with Crippen LogP contribution < -0.4 is 5.32 Å². The maximum absolute atomic E-state index is 12.7. The van der Waals surface area contributed by atoms with Crippen LogP contribution in [0.2, 0.25) is 5.02 Å². The van der Waals surface area contributed by atoms with Gasteiger partial charge in [0, 0.05) is 18.7 Å². The van der Waals surface area contributed by atoms with E-state index in [4.69, 9.17) is 16.0 Å². The smallest absolute Gasteiger partial charge is 0.271 e. The number of carbonyl (C=O) groups is 1. The monoisotopic (exact) mass is 449 g/mol. The lowest BCUT2D eigenvalue weighted by Gasteiger charge is -2.15. The number of benzene rings is 1. The van der Waals surface area contributed by atoms with E-state index in [0.29, 0.717) is 34.9 Å². The summed E-state index contributed by atoms with van der Waals surface area (Å²) in [4.78, 5) is 22.9. The van der Waals surface area contributed by atoms with E-state index in [1.165, 1.54) is 30.0 Å². The number of anilines is 1. The highest BCUT2D eigenvalue weighted by Gasteiger charge is 2.23. The molecule has 1 aromatic carbocycles. The standard InChI is InChI=1S/C19H20ClN5O4S/c1-11(2)10-24-17(16-5-4-8-29-16)22-23-19(24)30-12(3)18(26)21-15-7-6-13(25(27)28)9-14(15)20/h4-9,11-12H,10H2,1-3H3,(H,21,26). The van der Waals surface area contributed by atoms with E-state index in [1.54, 1.807) is 19.3 Å². The number of nitro benzene ring substituents is 1. The molecule has 0 bridgehead atoms. The summed E-state index contributed by atoms with van der Waals surface area (Å²) in [5.41, 5.74) is 0.160. The molecule has 0 aliphatic carbocycles. The summed E-state index contributed by atoms with van der Waals surface area (Å²) in [7, 11) is 0. The predicted molar refractivity (Wildman–Crippen MR) is 115 cm³/mol. The molecule has 0 aliphatic rings. The zero-order valence-corrected chi connectivity index (χ0v) is 18.1. The highest BCUT2D eigenvalue weighted by Crippen LogP contribution is 2.30. The van der Waals surface area contributed by atoms with Crippen LogP contribution in [0.1, 0.15) is 20.8 Å². The van der Waals surface area contributed by atoms with Gasteiger partial charge in [0.05, 0.1) is 27.1 Å². The number of thioether (sulfide) groups is 1. The Morgan fingerprint density at radius 1 is 1.33 bits per heavy atom. The number of hydrogen-bond acceptors (Lipinski definition) is 7. The number of furan rings is 1. The molecule has 11 heteroatoms. The van der Waals surface area contributed by atoms with Crippen molar-refractivity contribution in [2.75, 3.05) is 5.32 Å². The van der Waals surface area contributed by atoms with Crippen molar-refractivity contribution in [1.82, 2.24) is 14.8 Å². The van der Waals surface area contributed by atoms with Gasteiger partial charge in [-0.1, -0.05) is 37.2 Å². The molecule has 0 aliphatic heterocycles. The SMILES string of the molecule is CC(C)Cn1c(SC(C)C(=O)Nc2ccc([N+](=O)[O-])cc2Cl)nnc1-c1ccco1. The number of nitrogens with one attached hydrogen (secondary N) is 1. The first-order valence-corrected chi connectivity index (χ1v) is 10.4. The molecule has 0 fully saturated rings. The summed E-state index contributed by atoms with van der Waals surface area (Å²) < 4.78 is 7.38. The minimum atomic E-state index is -0.548. The Kier molecular flexibility index (Phi) is 6.78. The first-order valence-electron chi connectivity index (χ1n) is 9.14. The molecule has 2 aromatic heterocycles. The number of halogens is 1. The lowest BCUT2D eigenvalue weighted by atomic mass is 10.2. The first kappa shape index (κ1) is 21.8. The average molecular weight is 450 g/mol. The molecule has 0 radical (unpaired) electrons. The highest BCUT2D eigenvalue weighted by molar-refractivity contribution is 8.00. The number of rotatable bonds is 8. The lowest BCUT2D eigenvalue weighted by Crippen LogP contribution is -2.23. The molecular formula is C19H20ClN5O4S. The number of nitrogens with zero attached hydrogens (tertiary/aromatic N) is 4. The van der Waals surface area contributed by atoms with Gasteiger partial charge >= 0.3 is 0 Å². The summed E-state index contributed by atoms with van der Waals surface area (Å²) in [5.74, 6) is 1.22. The Morgan fingerprint density at radius 2 is 2.10 bits per heavy atom.